The van der Waals surface area contributed by atoms with Crippen LogP contribution in [-0.4, -0.2) is 32.7 Å². The molecule has 0 aliphatic rings. The van der Waals surface area contributed by atoms with Gasteiger partial charge in [-0.3, -0.25) is 4.79 Å². The van der Waals surface area contributed by atoms with E-state index < -0.39 is 5.97 Å². The van der Waals surface area contributed by atoms with Gasteiger partial charge in [0.1, 0.15) is 10.7 Å². The second kappa shape index (κ2) is 9.10. The summed E-state index contributed by atoms with van der Waals surface area (Å²) in [5.41, 5.74) is 5.27. The summed E-state index contributed by atoms with van der Waals surface area (Å²) in [7, 11) is 0. The van der Waals surface area contributed by atoms with Gasteiger partial charge in [0.2, 0.25) is 5.78 Å². The molecule has 0 aliphatic carbocycles. The van der Waals surface area contributed by atoms with Gasteiger partial charge in [-0.1, -0.05) is 41.4 Å². The molecule has 1 aromatic carbocycles. The Morgan fingerprint density at radius 3 is 2.32 bits per heavy atom. The third kappa shape index (κ3) is 4.74. The minimum atomic E-state index is -0.649. The number of aryl methyl sites for hydroxylation is 3. The summed E-state index contributed by atoms with van der Waals surface area (Å²) in [4.78, 5) is 25.4. The molecular weight excluding hydrogens is 414 g/mol. The van der Waals surface area contributed by atoms with Gasteiger partial charge in [-0.05, 0) is 53.2 Å². The Hall–Kier alpha value is -2.86. The molecule has 0 radical (unpaired) electrons. The predicted octanol–water partition coefficient (Wildman–Crippen LogP) is 5.24. The molecule has 7 heteroatoms. The van der Waals surface area contributed by atoms with Crippen molar-refractivity contribution in [2.24, 2.45) is 0 Å². The first-order valence-electron chi connectivity index (χ1n) is 10.3. The minimum absolute atomic E-state index is 0.189. The monoisotopic (exact) mass is 441 g/mol. The average Bonchev–Trinajstić information content (AvgIpc) is 3.16. The normalized spacial score (nSPS) is 11.2. The Balaban J connectivity index is 1.72. The fraction of sp³-hybridized carbons (Fsp3) is 0.375. The summed E-state index contributed by atoms with van der Waals surface area (Å²) in [5, 5.41) is 4.58. The van der Waals surface area contributed by atoms with E-state index in [1.54, 1.807) is 11.6 Å². The highest BCUT2D eigenvalue weighted by molar-refractivity contribution is 6.32. The first-order valence-corrected chi connectivity index (χ1v) is 10.6. The van der Waals surface area contributed by atoms with Gasteiger partial charge in [0.25, 0.3) is 0 Å². The lowest BCUT2D eigenvalue weighted by atomic mass is 10.1. The number of aromatic nitrogens is 3. The van der Waals surface area contributed by atoms with E-state index in [4.69, 9.17) is 16.3 Å². The number of ketones is 1. The van der Waals surface area contributed by atoms with Crippen molar-refractivity contribution in [3.05, 3.63) is 74.8 Å². The number of benzene rings is 1. The number of carbonyl (C=O) groups is 2. The number of hydrogen-bond donors (Lipinski definition) is 0. The van der Waals surface area contributed by atoms with Crippen molar-refractivity contribution in [1.82, 2.24) is 14.3 Å². The van der Waals surface area contributed by atoms with Crippen molar-refractivity contribution in [2.75, 3.05) is 6.61 Å². The second-order valence-corrected chi connectivity index (χ2v) is 8.50. The van der Waals surface area contributed by atoms with Gasteiger partial charge in [-0.15, -0.1) is 0 Å². The molecule has 0 saturated heterocycles. The van der Waals surface area contributed by atoms with E-state index in [2.05, 4.69) is 23.5 Å². The topological polar surface area (TPSA) is 66.1 Å². The number of rotatable bonds is 7. The predicted molar refractivity (Wildman–Crippen MR) is 121 cm³/mol. The molecule has 0 spiro atoms. The highest BCUT2D eigenvalue weighted by Crippen LogP contribution is 2.23. The summed E-state index contributed by atoms with van der Waals surface area (Å²) in [6.07, 6.45) is 0. The highest BCUT2D eigenvalue weighted by atomic mass is 35.5. The molecule has 164 valence electrons. The number of ether oxygens (including phenoxy) is 1. The van der Waals surface area contributed by atoms with Crippen molar-refractivity contribution >= 4 is 23.4 Å². The maximum absolute atomic E-state index is 12.7. The van der Waals surface area contributed by atoms with Crippen LogP contribution in [0.5, 0.6) is 0 Å². The zero-order chi connectivity index (χ0) is 22.9. The third-order valence-corrected chi connectivity index (χ3v) is 5.74. The number of carbonyl (C=O) groups excluding carboxylic acids is 2. The molecule has 0 bridgehead atoms. The second-order valence-electron chi connectivity index (χ2n) is 8.14. The van der Waals surface area contributed by atoms with Crippen LogP contribution >= 0.6 is 11.6 Å². The van der Waals surface area contributed by atoms with E-state index in [1.807, 2.05) is 51.1 Å². The van der Waals surface area contributed by atoms with E-state index in [0.29, 0.717) is 17.8 Å². The summed E-state index contributed by atoms with van der Waals surface area (Å²) in [6, 6.07) is 10.1. The summed E-state index contributed by atoms with van der Waals surface area (Å²) in [5.74, 6) is -0.891. The van der Waals surface area contributed by atoms with Gasteiger partial charge in [-0.25, -0.2) is 9.48 Å². The molecule has 0 amide bonds. The smallest absolute Gasteiger partial charge is 0.343 e. The van der Waals surface area contributed by atoms with Crippen LogP contribution in [0.15, 0.2) is 30.3 Å². The van der Waals surface area contributed by atoms with Gasteiger partial charge in [0.15, 0.2) is 6.61 Å². The average molecular weight is 442 g/mol. The summed E-state index contributed by atoms with van der Waals surface area (Å²) < 4.78 is 8.97. The molecule has 3 rings (SSSR count). The quantitative estimate of drug-likeness (QED) is 0.371. The molecular formula is C24H28ClN3O3. The van der Waals surface area contributed by atoms with Crippen molar-refractivity contribution in [1.29, 1.82) is 0 Å². The SMILES string of the molecule is Cc1ccc(Cn2nc(C)c(C(=O)OCC(=O)c3cc(C)n(C(C)C)c3C)c2Cl)cc1. The zero-order valence-corrected chi connectivity index (χ0v) is 19.6. The zero-order valence-electron chi connectivity index (χ0n) is 18.8. The van der Waals surface area contributed by atoms with Crippen LogP contribution in [0.4, 0.5) is 0 Å². The molecule has 0 atom stereocenters. The van der Waals surface area contributed by atoms with Gasteiger partial charge >= 0.3 is 5.97 Å². The Morgan fingerprint density at radius 1 is 1.10 bits per heavy atom. The molecule has 0 fully saturated rings. The van der Waals surface area contributed by atoms with Crippen LogP contribution < -0.4 is 0 Å². The van der Waals surface area contributed by atoms with Crippen LogP contribution in [0.25, 0.3) is 0 Å². The maximum atomic E-state index is 12.7. The lowest BCUT2D eigenvalue weighted by molar-refractivity contribution is 0.0474. The summed E-state index contributed by atoms with van der Waals surface area (Å²) in [6.45, 7) is 11.8. The van der Waals surface area contributed by atoms with Crippen molar-refractivity contribution in [2.45, 2.75) is 54.1 Å². The largest absolute Gasteiger partial charge is 0.454 e. The highest BCUT2D eigenvalue weighted by Gasteiger charge is 2.24. The molecule has 0 unspecified atom stereocenters. The van der Waals surface area contributed by atoms with Crippen molar-refractivity contribution in [3.8, 4) is 0 Å². The van der Waals surface area contributed by atoms with E-state index in [-0.39, 0.29) is 29.1 Å². The minimum Gasteiger partial charge on any atom is -0.454 e. The van der Waals surface area contributed by atoms with Crippen LogP contribution in [0, 0.1) is 27.7 Å². The Morgan fingerprint density at radius 2 is 1.74 bits per heavy atom. The van der Waals surface area contributed by atoms with Gasteiger partial charge < -0.3 is 9.30 Å². The number of halogens is 1. The van der Waals surface area contributed by atoms with Gasteiger partial charge in [0.05, 0.1) is 12.2 Å². The van der Waals surface area contributed by atoms with E-state index >= 15 is 0 Å². The lowest BCUT2D eigenvalue weighted by Gasteiger charge is -2.13. The molecule has 31 heavy (non-hydrogen) atoms. The number of Topliss-reactive ketones (excluding diaryl/α,β-unsaturated/α-hetero) is 1. The lowest BCUT2D eigenvalue weighted by Crippen LogP contribution is -2.16. The van der Waals surface area contributed by atoms with Crippen molar-refractivity contribution in [3.63, 3.8) is 0 Å². The Labute approximate surface area is 187 Å². The van der Waals surface area contributed by atoms with Crippen LogP contribution in [0.2, 0.25) is 5.15 Å². The molecule has 2 aromatic heterocycles. The molecule has 0 saturated carbocycles. The summed E-state index contributed by atoms with van der Waals surface area (Å²) >= 11 is 6.43. The molecule has 2 heterocycles. The van der Waals surface area contributed by atoms with E-state index in [0.717, 1.165) is 22.5 Å². The molecule has 3 aromatic rings. The van der Waals surface area contributed by atoms with E-state index in [1.165, 1.54) is 0 Å². The molecule has 0 aliphatic heterocycles. The number of hydrogen-bond acceptors (Lipinski definition) is 4. The third-order valence-electron chi connectivity index (χ3n) is 5.36. The Bertz CT molecular complexity index is 1120. The van der Waals surface area contributed by atoms with Crippen LogP contribution in [0.3, 0.4) is 0 Å². The van der Waals surface area contributed by atoms with Crippen molar-refractivity contribution < 1.29 is 14.3 Å². The fourth-order valence-corrected chi connectivity index (χ4v) is 4.20. The van der Waals surface area contributed by atoms with Gasteiger partial charge in [-0.2, -0.15) is 5.10 Å². The van der Waals surface area contributed by atoms with Gasteiger partial charge in [0, 0.05) is 23.0 Å². The first kappa shape index (κ1) is 22.8. The maximum Gasteiger partial charge on any atom is 0.343 e. The molecule has 6 nitrogen and oxygen atoms in total. The van der Waals surface area contributed by atoms with E-state index in [9.17, 15) is 9.59 Å². The number of esters is 1. The standard InChI is InChI=1S/C24H28ClN3O3/c1-14(2)28-16(4)11-20(18(28)6)21(29)13-31-24(30)22-17(5)26-27(23(22)25)12-19-9-7-15(3)8-10-19/h7-11,14H,12-13H2,1-6H3. The first-order chi connectivity index (χ1) is 14.6. The van der Waals surface area contributed by atoms with Crippen LogP contribution in [0.1, 0.15) is 68.8 Å². The number of nitrogens with zero attached hydrogens (tertiary/aromatic N) is 3. The molecule has 0 N–H and O–H groups in total. The fourth-order valence-electron chi connectivity index (χ4n) is 3.89. The van der Waals surface area contributed by atoms with Crippen LogP contribution in [-0.2, 0) is 11.3 Å². The Kier molecular flexibility index (Phi) is 6.70.